The molecule has 1 aromatic heterocycles. The summed E-state index contributed by atoms with van der Waals surface area (Å²) in [6, 6.07) is 0.412. The van der Waals surface area contributed by atoms with Crippen molar-refractivity contribution in [2.45, 2.75) is 25.3 Å². The van der Waals surface area contributed by atoms with Crippen molar-refractivity contribution in [1.29, 1.82) is 0 Å². The Labute approximate surface area is 91.8 Å². The molecule has 0 amide bonds. The SMILES string of the molecule is Brc1cncnc1NC1C=CCCC1. The number of allylic oxidation sites excluding steroid dienone is 1. The van der Waals surface area contributed by atoms with E-state index in [1.165, 1.54) is 19.3 Å². The van der Waals surface area contributed by atoms with E-state index in [4.69, 9.17) is 0 Å². The van der Waals surface area contributed by atoms with Crippen LogP contribution in [0.15, 0.2) is 29.1 Å². The van der Waals surface area contributed by atoms with Gasteiger partial charge in [-0.05, 0) is 35.2 Å². The Morgan fingerprint density at radius 1 is 1.50 bits per heavy atom. The minimum Gasteiger partial charge on any atom is -0.363 e. The highest BCUT2D eigenvalue weighted by molar-refractivity contribution is 9.10. The maximum absolute atomic E-state index is 4.17. The third-order valence-corrected chi connectivity index (χ3v) is 2.82. The minimum absolute atomic E-state index is 0.412. The van der Waals surface area contributed by atoms with Crippen LogP contribution in [0, 0.1) is 0 Å². The summed E-state index contributed by atoms with van der Waals surface area (Å²) in [7, 11) is 0. The maximum atomic E-state index is 4.17. The van der Waals surface area contributed by atoms with Crippen molar-refractivity contribution in [2.75, 3.05) is 5.32 Å². The van der Waals surface area contributed by atoms with Crippen LogP contribution in [-0.4, -0.2) is 16.0 Å². The van der Waals surface area contributed by atoms with Gasteiger partial charge in [0.25, 0.3) is 0 Å². The quantitative estimate of drug-likeness (QED) is 0.824. The fraction of sp³-hybridized carbons (Fsp3) is 0.400. The highest BCUT2D eigenvalue weighted by Gasteiger charge is 2.09. The minimum atomic E-state index is 0.412. The summed E-state index contributed by atoms with van der Waals surface area (Å²) >= 11 is 3.41. The van der Waals surface area contributed by atoms with Crippen LogP contribution < -0.4 is 5.32 Å². The Kier molecular flexibility index (Phi) is 3.14. The predicted molar refractivity (Wildman–Crippen MR) is 60.1 cm³/mol. The molecule has 0 radical (unpaired) electrons. The fourth-order valence-electron chi connectivity index (χ4n) is 1.53. The number of aromatic nitrogens is 2. The van der Waals surface area contributed by atoms with Crippen molar-refractivity contribution >= 4 is 21.7 Å². The number of hydrogen-bond donors (Lipinski definition) is 1. The Balaban J connectivity index is 2.06. The summed E-state index contributed by atoms with van der Waals surface area (Å²) in [5, 5.41) is 3.36. The number of halogens is 1. The molecule has 0 saturated heterocycles. The van der Waals surface area contributed by atoms with E-state index < -0.39 is 0 Å². The maximum Gasteiger partial charge on any atom is 0.144 e. The number of hydrogen-bond acceptors (Lipinski definition) is 3. The lowest BCUT2D eigenvalue weighted by Crippen LogP contribution is -2.19. The van der Waals surface area contributed by atoms with Gasteiger partial charge in [0.1, 0.15) is 12.1 Å². The van der Waals surface area contributed by atoms with Crippen molar-refractivity contribution in [2.24, 2.45) is 0 Å². The van der Waals surface area contributed by atoms with Crippen LogP contribution in [0.25, 0.3) is 0 Å². The number of rotatable bonds is 2. The third-order valence-electron chi connectivity index (χ3n) is 2.24. The van der Waals surface area contributed by atoms with Crippen molar-refractivity contribution in [3.8, 4) is 0 Å². The predicted octanol–water partition coefficient (Wildman–Crippen LogP) is 2.76. The van der Waals surface area contributed by atoms with E-state index in [-0.39, 0.29) is 0 Å². The Bertz CT molecular complexity index is 338. The lowest BCUT2D eigenvalue weighted by atomic mass is 10.0. The molecule has 1 heterocycles. The molecule has 0 saturated carbocycles. The molecule has 74 valence electrons. The second-order valence-corrected chi connectivity index (χ2v) is 4.18. The summed E-state index contributed by atoms with van der Waals surface area (Å²) in [4.78, 5) is 8.09. The van der Waals surface area contributed by atoms with Crippen molar-refractivity contribution in [3.05, 3.63) is 29.1 Å². The summed E-state index contributed by atoms with van der Waals surface area (Å²) < 4.78 is 0.916. The number of nitrogens with one attached hydrogen (secondary N) is 1. The van der Waals surface area contributed by atoms with Gasteiger partial charge in [-0.3, -0.25) is 0 Å². The summed E-state index contributed by atoms with van der Waals surface area (Å²) in [5.41, 5.74) is 0. The van der Waals surface area contributed by atoms with Gasteiger partial charge in [-0.15, -0.1) is 0 Å². The monoisotopic (exact) mass is 253 g/mol. The molecule has 4 heteroatoms. The molecule has 14 heavy (non-hydrogen) atoms. The Morgan fingerprint density at radius 3 is 3.14 bits per heavy atom. The molecule has 0 aromatic carbocycles. The van der Waals surface area contributed by atoms with Gasteiger partial charge < -0.3 is 5.32 Å². The topological polar surface area (TPSA) is 37.8 Å². The van der Waals surface area contributed by atoms with Crippen LogP contribution in [0.3, 0.4) is 0 Å². The number of anilines is 1. The van der Waals surface area contributed by atoms with E-state index >= 15 is 0 Å². The molecule has 1 N–H and O–H groups in total. The second kappa shape index (κ2) is 4.55. The van der Waals surface area contributed by atoms with Gasteiger partial charge in [-0.1, -0.05) is 12.2 Å². The highest BCUT2D eigenvalue weighted by Crippen LogP contribution is 2.21. The van der Waals surface area contributed by atoms with Crippen molar-refractivity contribution in [3.63, 3.8) is 0 Å². The molecule has 0 spiro atoms. The highest BCUT2D eigenvalue weighted by atomic mass is 79.9. The first kappa shape index (κ1) is 9.65. The Hall–Kier alpha value is -0.900. The molecule has 1 aromatic rings. The average molecular weight is 254 g/mol. The van der Waals surface area contributed by atoms with Gasteiger partial charge in [0, 0.05) is 12.2 Å². The van der Waals surface area contributed by atoms with Crippen molar-refractivity contribution in [1.82, 2.24) is 9.97 Å². The fourth-order valence-corrected chi connectivity index (χ4v) is 1.86. The molecule has 2 rings (SSSR count). The van der Waals surface area contributed by atoms with E-state index in [1.54, 1.807) is 12.5 Å². The van der Waals surface area contributed by atoms with Gasteiger partial charge in [0.2, 0.25) is 0 Å². The van der Waals surface area contributed by atoms with E-state index in [9.17, 15) is 0 Å². The van der Waals surface area contributed by atoms with Crippen LogP contribution in [0.1, 0.15) is 19.3 Å². The molecule has 1 aliphatic rings. The van der Waals surface area contributed by atoms with Crippen LogP contribution in [0.5, 0.6) is 0 Å². The van der Waals surface area contributed by atoms with Gasteiger partial charge in [0.05, 0.1) is 4.47 Å². The lowest BCUT2D eigenvalue weighted by molar-refractivity contribution is 0.671. The van der Waals surface area contributed by atoms with E-state index in [0.29, 0.717) is 6.04 Å². The number of nitrogens with zero attached hydrogens (tertiary/aromatic N) is 2. The lowest BCUT2D eigenvalue weighted by Gasteiger charge is -2.18. The smallest absolute Gasteiger partial charge is 0.144 e. The average Bonchev–Trinajstić information content (AvgIpc) is 2.23. The summed E-state index contributed by atoms with van der Waals surface area (Å²) in [5.74, 6) is 0.872. The standard InChI is InChI=1S/C10H12BrN3/c11-9-6-12-7-13-10(9)14-8-4-2-1-3-5-8/h2,4,6-8H,1,3,5H2,(H,12,13,14). The van der Waals surface area contributed by atoms with Gasteiger partial charge >= 0.3 is 0 Å². The van der Waals surface area contributed by atoms with Crippen LogP contribution in [0.2, 0.25) is 0 Å². The molecule has 1 atom stereocenters. The molecule has 1 aliphatic carbocycles. The van der Waals surface area contributed by atoms with Gasteiger partial charge in [-0.2, -0.15) is 0 Å². The first-order valence-corrected chi connectivity index (χ1v) is 5.54. The van der Waals surface area contributed by atoms with Crippen LogP contribution >= 0.6 is 15.9 Å². The molecular formula is C10H12BrN3. The Morgan fingerprint density at radius 2 is 2.43 bits per heavy atom. The second-order valence-electron chi connectivity index (χ2n) is 3.33. The molecule has 0 bridgehead atoms. The van der Waals surface area contributed by atoms with Gasteiger partial charge in [-0.25, -0.2) is 9.97 Å². The summed E-state index contributed by atoms with van der Waals surface area (Å²) in [6.45, 7) is 0. The zero-order chi connectivity index (χ0) is 9.80. The zero-order valence-corrected chi connectivity index (χ0v) is 9.37. The van der Waals surface area contributed by atoms with E-state index in [2.05, 4.69) is 43.4 Å². The van der Waals surface area contributed by atoms with E-state index in [0.717, 1.165) is 10.3 Å². The van der Waals surface area contributed by atoms with Crippen molar-refractivity contribution < 1.29 is 0 Å². The molecule has 0 aliphatic heterocycles. The van der Waals surface area contributed by atoms with Crippen LogP contribution in [-0.2, 0) is 0 Å². The largest absolute Gasteiger partial charge is 0.363 e. The normalized spacial score (nSPS) is 20.8. The first-order valence-electron chi connectivity index (χ1n) is 4.75. The molecule has 1 unspecified atom stereocenters. The first-order chi connectivity index (χ1) is 6.86. The molecular weight excluding hydrogens is 242 g/mol. The van der Waals surface area contributed by atoms with E-state index in [1.807, 2.05) is 0 Å². The zero-order valence-electron chi connectivity index (χ0n) is 7.78. The summed E-state index contributed by atoms with van der Waals surface area (Å²) in [6.07, 6.45) is 11.3. The van der Waals surface area contributed by atoms with Gasteiger partial charge in [0.15, 0.2) is 0 Å². The third kappa shape index (κ3) is 2.32. The van der Waals surface area contributed by atoms with Crippen LogP contribution in [0.4, 0.5) is 5.82 Å². The molecule has 3 nitrogen and oxygen atoms in total. The molecule has 0 fully saturated rings.